The molecule has 0 aliphatic carbocycles. The minimum atomic E-state index is 0. The number of hydrogen-bond donors (Lipinski definition) is 2. The number of aromatic amines is 1. The van der Waals surface area contributed by atoms with E-state index in [1.165, 1.54) is 29.4 Å². The van der Waals surface area contributed by atoms with Crippen molar-refractivity contribution in [2.45, 2.75) is 26.3 Å². The number of unbranched alkanes of at least 4 members (excludes halogenated alkanes) is 1. The lowest BCUT2D eigenvalue weighted by Crippen LogP contribution is -2.39. The molecule has 21 heavy (non-hydrogen) atoms. The third kappa shape index (κ3) is 4.91. The third-order valence-electron chi connectivity index (χ3n) is 3.44. The van der Waals surface area contributed by atoms with Gasteiger partial charge in [-0.05, 0) is 23.9 Å². The lowest BCUT2D eigenvalue weighted by atomic mass is 10.2. The molecule has 2 N–H and O–H groups in total. The first-order valence-corrected chi connectivity index (χ1v) is 7.23. The van der Waals surface area contributed by atoms with Gasteiger partial charge in [-0.3, -0.25) is 4.99 Å². The Hall–Kier alpha value is -1.24. The van der Waals surface area contributed by atoms with Crippen LogP contribution in [0.3, 0.4) is 0 Å². The summed E-state index contributed by atoms with van der Waals surface area (Å²) in [5.41, 5.74) is 2.36. The summed E-state index contributed by atoms with van der Waals surface area (Å²) in [6.45, 7) is 4.00. The fourth-order valence-corrected chi connectivity index (χ4v) is 2.29. The number of hydrogen-bond acceptors (Lipinski definition) is 1. The molecule has 0 atom stereocenters. The van der Waals surface area contributed by atoms with Crippen LogP contribution in [0.5, 0.6) is 0 Å². The number of guanidine groups is 1. The summed E-state index contributed by atoms with van der Waals surface area (Å²) in [5, 5.41) is 4.65. The number of nitrogens with one attached hydrogen (secondary N) is 2. The molecular formula is C16H25IN4. The Bertz CT molecular complexity index is 543. The van der Waals surface area contributed by atoms with Crippen molar-refractivity contribution in [3.63, 3.8) is 0 Å². The molecule has 0 amide bonds. The molecular weight excluding hydrogens is 375 g/mol. The number of aliphatic imine (C=N–C) groups is 1. The minimum Gasteiger partial charge on any atom is -0.357 e. The Labute approximate surface area is 144 Å². The maximum absolute atomic E-state index is 4.33. The molecule has 116 valence electrons. The van der Waals surface area contributed by atoms with E-state index in [-0.39, 0.29) is 24.0 Å². The van der Waals surface area contributed by atoms with Crippen LogP contribution in [0.1, 0.15) is 25.5 Å². The zero-order valence-electron chi connectivity index (χ0n) is 13.0. The fourth-order valence-electron chi connectivity index (χ4n) is 2.29. The van der Waals surface area contributed by atoms with Gasteiger partial charge in [-0.25, -0.2) is 0 Å². The molecule has 0 aliphatic heterocycles. The van der Waals surface area contributed by atoms with Gasteiger partial charge in [0.05, 0.1) is 6.54 Å². The highest BCUT2D eigenvalue weighted by Crippen LogP contribution is 2.14. The van der Waals surface area contributed by atoms with Gasteiger partial charge in [0.15, 0.2) is 5.96 Å². The normalized spacial score (nSPS) is 11.3. The van der Waals surface area contributed by atoms with E-state index in [4.69, 9.17) is 0 Å². The van der Waals surface area contributed by atoms with Crippen molar-refractivity contribution in [1.29, 1.82) is 0 Å². The predicted octanol–water partition coefficient (Wildman–Crippen LogP) is 3.59. The zero-order valence-corrected chi connectivity index (χ0v) is 15.3. The monoisotopic (exact) mass is 400 g/mol. The SMILES string of the molecule is CCCCN(C)C(=NC)NCc1cc2ccccc2[nH]1.I. The number of aromatic nitrogens is 1. The second kappa shape index (κ2) is 8.92. The maximum Gasteiger partial charge on any atom is 0.193 e. The van der Waals surface area contributed by atoms with Crippen molar-refractivity contribution in [3.8, 4) is 0 Å². The Morgan fingerprint density at radius 1 is 1.33 bits per heavy atom. The summed E-state index contributed by atoms with van der Waals surface area (Å²) in [6.07, 6.45) is 2.38. The number of para-hydroxylation sites is 1. The van der Waals surface area contributed by atoms with Crippen molar-refractivity contribution in [1.82, 2.24) is 15.2 Å². The molecule has 0 radical (unpaired) electrons. The van der Waals surface area contributed by atoms with Gasteiger partial charge in [-0.1, -0.05) is 31.5 Å². The highest BCUT2D eigenvalue weighted by molar-refractivity contribution is 14.0. The molecule has 5 heteroatoms. The van der Waals surface area contributed by atoms with Gasteiger partial charge in [-0.2, -0.15) is 0 Å². The number of halogens is 1. The molecule has 1 aromatic heterocycles. The quantitative estimate of drug-likeness (QED) is 0.458. The van der Waals surface area contributed by atoms with E-state index in [1.807, 2.05) is 13.1 Å². The van der Waals surface area contributed by atoms with E-state index in [9.17, 15) is 0 Å². The van der Waals surface area contributed by atoms with Gasteiger partial charge in [-0.15, -0.1) is 24.0 Å². The van der Waals surface area contributed by atoms with Crippen LogP contribution in [-0.2, 0) is 6.54 Å². The summed E-state index contributed by atoms with van der Waals surface area (Å²) in [7, 11) is 3.91. The molecule has 0 bridgehead atoms. The highest BCUT2D eigenvalue weighted by atomic mass is 127. The first-order valence-electron chi connectivity index (χ1n) is 7.23. The van der Waals surface area contributed by atoms with Crippen LogP contribution in [0.4, 0.5) is 0 Å². The smallest absolute Gasteiger partial charge is 0.193 e. The van der Waals surface area contributed by atoms with Gasteiger partial charge >= 0.3 is 0 Å². The molecule has 0 unspecified atom stereocenters. The zero-order chi connectivity index (χ0) is 14.4. The molecule has 1 aromatic carbocycles. The van der Waals surface area contributed by atoms with Crippen molar-refractivity contribution in [2.24, 2.45) is 4.99 Å². The second-order valence-corrected chi connectivity index (χ2v) is 5.06. The molecule has 2 aromatic rings. The van der Waals surface area contributed by atoms with Gasteiger partial charge in [0.1, 0.15) is 0 Å². The molecule has 2 rings (SSSR count). The Morgan fingerprint density at radius 3 is 2.76 bits per heavy atom. The summed E-state index contributed by atoms with van der Waals surface area (Å²) in [5.74, 6) is 0.942. The van der Waals surface area contributed by atoms with Gasteiger partial charge in [0.2, 0.25) is 0 Å². The first kappa shape index (κ1) is 17.8. The third-order valence-corrected chi connectivity index (χ3v) is 3.44. The number of nitrogens with zero attached hydrogens (tertiary/aromatic N) is 2. The van der Waals surface area contributed by atoms with Crippen molar-refractivity contribution >= 4 is 40.8 Å². The van der Waals surface area contributed by atoms with Crippen LogP contribution >= 0.6 is 24.0 Å². The van der Waals surface area contributed by atoms with Crippen molar-refractivity contribution in [2.75, 3.05) is 20.6 Å². The maximum atomic E-state index is 4.33. The largest absolute Gasteiger partial charge is 0.357 e. The first-order chi connectivity index (χ1) is 9.74. The molecule has 0 saturated carbocycles. The second-order valence-electron chi connectivity index (χ2n) is 5.06. The number of H-pyrrole nitrogens is 1. The number of fused-ring (bicyclic) bond motifs is 1. The minimum absolute atomic E-state index is 0. The molecule has 0 saturated heterocycles. The van der Waals surface area contributed by atoms with E-state index in [1.54, 1.807) is 0 Å². The number of benzene rings is 1. The summed E-state index contributed by atoms with van der Waals surface area (Å²) >= 11 is 0. The molecule has 0 fully saturated rings. The summed E-state index contributed by atoms with van der Waals surface area (Å²) < 4.78 is 0. The van der Waals surface area contributed by atoms with Crippen LogP contribution in [0.25, 0.3) is 10.9 Å². The van der Waals surface area contributed by atoms with E-state index < -0.39 is 0 Å². The highest BCUT2D eigenvalue weighted by Gasteiger charge is 2.06. The van der Waals surface area contributed by atoms with E-state index in [0.29, 0.717) is 0 Å². The van der Waals surface area contributed by atoms with Gasteiger partial charge < -0.3 is 15.2 Å². The van der Waals surface area contributed by atoms with E-state index >= 15 is 0 Å². The topological polar surface area (TPSA) is 43.4 Å². The van der Waals surface area contributed by atoms with Crippen LogP contribution in [-0.4, -0.2) is 36.5 Å². The van der Waals surface area contributed by atoms with Crippen molar-refractivity contribution < 1.29 is 0 Å². The average molecular weight is 400 g/mol. The van der Waals surface area contributed by atoms with Crippen LogP contribution in [0.2, 0.25) is 0 Å². The summed E-state index contributed by atoms with van der Waals surface area (Å²) in [6, 6.07) is 10.5. The lowest BCUT2D eigenvalue weighted by Gasteiger charge is -2.21. The van der Waals surface area contributed by atoms with Crippen LogP contribution in [0, 0.1) is 0 Å². The fraction of sp³-hybridized carbons (Fsp3) is 0.438. The summed E-state index contributed by atoms with van der Waals surface area (Å²) in [4.78, 5) is 9.92. The average Bonchev–Trinajstić information content (AvgIpc) is 2.88. The Kier molecular flexibility index (Phi) is 7.56. The molecule has 1 heterocycles. The van der Waals surface area contributed by atoms with Gasteiger partial charge in [0, 0.05) is 31.9 Å². The van der Waals surface area contributed by atoms with Crippen molar-refractivity contribution in [3.05, 3.63) is 36.0 Å². The molecule has 4 nitrogen and oxygen atoms in total. The Balaban J connectivity index is 0.00000220. The van der Waals surface area contributed by atoms with Gasteiger partial charge in [0.25, 0.3) is 0 Å². The molecule has 0 spiro atoms. The van der Waals surface area contributed by atoms with Crippen LogP contribution in [0.15, 0.2) is 35.3 Å². The van der Waals surface area contributed by atoms with E-state index in [2.05, 4.69) is 58.4 Å². The van der Waals surface area contributed by atoms with E-state index in [0.717, 1.165) is 19.0 Å². The standard InChI is InChI=1S/C16H24N4.HI/c1-4-5-10-20(3)16(17-2)18-12-14-11-13-8-6-7-9-15(13)19-14;/h6-9,11,19H,4-5,10,12H2,1-3H3,(H,17,18);1H. The lowest BCUT2D eigenvalue weighted by molar-refractivity contribution is 0.464. The van der Waals surface area contributed by atoms with Crippen LogP contribution < -0.4 is 5.32 Å². The predicted molar refractivity (Wildman–Crippen MR) is 101 cm³/mol. The molecule has 0 aliphatic rings. The number of rotatable bonds is 5. The Morgan fingerprint density at radius 2 is 2.10 bits per heavy atom.